The van der Waals surface area contributed by atoms with Crippen molar-refractivity contribution in [3.63, 3.8) is 0 Å². The minimum Gasteiger partial charge on any atom is -0.378 e. The monoisotopic (exact) mass is 590 g/mol. The van der Waals surface area contributed by atoms with Gasteiger partial charge >= 0.3 is 0 Å². The van der Waals surface area contributed by atoms with Crippen molar-refractivity contribution >= 4 is 38.1 Å². The molecule has 40 heavy (non-hydrogen) atoms. The first-order valence-corrected chi connectivity index (χ1v) is 14.6. The highest BCUT2D eigenvalue weighted by atomic mass is 32.2. The molecule has 0 atom stereocenters. The van der Waals surface area contributed by atoms with E-state index in [2.05, 4.69) is 15.3 Å². The Morgan fingerprint density at radius 1 is 1.05 bits per heavy atom. The highest BCUT2D eigenvalue weighted by Gasteiger charge is 2.26. The lowest BCUT2D eigenvalue weighted by Crippen LogP contribution is -2.36. The lowest BCUT2D eigenvalue weighted by Gasteiger charge is -2.26. The number of nitrogens with one attached hydrogen (secondary N) is 2. The smallest absolute Gasteiger partial charge is 0.265 e. The standard InChI is InChI=1S/C26H25F3N6O3S2/c1-15(2)31-25-30-9-8-20(32-25)24-23(33-26(39-24)35-10-12-38-13-11-35)17-4-3-5-19(22(17)29)34-40(36,37)21-14-16(27)6-7-18(21)28/h3-9,14-15,34H,10-13H2,1-2H3,(H,30,31,32). The maximum atomic E-state index is 16.0. The number of thiazole rings is 1. The molecule has 1 fully saturated rings. The Morgan fingerprint density at radius 2 is 1.82 bits per heavy atom. The summed E-state index contributed by atoms with van der Waals surface area (Å²) in [5.41, 5.74) is 0.300. The van der Waals surface area contributed by atoms with Crippen LogP contribution in [-0.4, -0.2) is 55.7 Å². The van der Waals surface area contributed by atoms with E-state index < -0.39 is 38.1 Å². The van der Waals surface area contributed by atoms with Crippen LogP contribution in [0.2, 0.25) is 0 Å². The number of nitrogens with zero attached hydrogens (tertiary/aromatic N) is 4. The molecule has 14 heteroatoms. The molecule has 1 aliphatic heterocycles. The molecule has 5 rings (SSSR count). The van der Waals surface area contributed by atoms with Gasteiger partial charge in [0.25, 0.3) is 10.0 Å². The number of hydrogen-bond acceptors (Lipinski definition) is 9. The lowest BCUT2D eigenvalue weighted by molar-refractivity contribution is 0.122. The van der Waals surface area contributed by atoms with Gasteiger partial charge in [-0.1, -0.05) is 17.4 Å². The van der Waals surface area contributed by atoms with Gasteiger partial charge in [0, 0.05) is 30.9 Å². The maximum absolute atomic E-state index is 16.0. The van der Waals surface area contributed by atoms with Crippen LogP contribution in [-0.2, 0) is 14.8 Å². The molecule has 0 aliphatic carbocycles. The van der Waals surface area contributed by atoms with Crippen LogP contribution in [0.3, 0.4) is 0 Å². The van der Waals surface area contributed by atoms with Gasteiger partial charge in [-0.3, -0.25) is 4.72 Å². The zero-order valence-electron chi connectivity index (χ0n) is 21.5. The number of ether oxygens (including phenoxy) is 1. The van der Waals surface area contributed by atoms with E-state index in [1.54, 1.807) is 12.3 Å². The van der Waals surface area contributed by atoms with E-state index in [0.717, 1.165) is 6.07 Å². The number of hydrogen-bond donors (Lipinski definition) is 2. The van der Waals surface area contributed by atoms with E-state index >= 15 is 4.39 Å². The normalized spacial score (nSPS) is 14.0. The molecule has 2 aromatic heterocycles. The quantitative estimate of drug-likeness (QED) is 0.290. The Kier molecular flexibility index (Phi) is 7.92. The lowest BCUT2D eigenvalue weighted by atomic mass is 10.1. The number of aromatic nitrogens is 3. The number of morpholine rings is 1. The molecule has 0 saturated carbocycles. The summed E-state index contributed by atoms with van der Waals surface area (Å²) >= 11 is 1.31. The Labute approximate surface area is 233 Å². The van der Waals surface area contributed by atoms with Crippen molar-refractivity contribution in [2.24, 2.45) is 0 Å². The molecule has 210 valence electrons. The second-order valence-electron chi connectivity index (χ2n) is 9.19. The summed E-state index contributed by atoms with van der Waals surface area (Å²) in [5.74, 6) is -2.66. The Hall–Kier alpha value is -3.75. The average Bonchev–Trinajstić information content (AvgIpc) is 3.37. The third-order valence-electron chi connectivity index (χ3n) is 5.88. The molecule has 4 aromatic rings. The molecule has 0 bridgehead atoms. The molecule has 0 amide bonds. The maximum Gasteiger partial charge on any atom is 0.265 e. The van der Waals surface area contributed by atoms with Crippen molar-refractivity contribution in [2.75, 3.05) is 41.2 Å². The van der Waals surface area contributed by atoms with Crippen LogP contribution >= 0.6 is 11.3 Å². The van der Waals surface area contributed by atoms with E-state index in [1.165, 1.54) is 29.5 Å². The average molecular weight is 591 g/mol. The van der Waals surface area contributed by atoms with Crippen molar-refractivity contribution in [3.8, 4) is 21.8 Å². The molecule has 2 aromatic carbocycles. The predicted octanol–water partition coefficient (Wildman–Crippen LogP) is 5.14. The SMILES string of the molecule is CC(C)Nc1nccc(-c2sc(N3CCOCC3)nc2-c2cccc(NS(=O)(=O)c3cc(F)ccc3F)c2F)n1. The third kappa shape index (κ3) is 5.88. The molecule has 0 unspecified atom stereocenters. The highest BCUT2D eigenvalue weighted by molar-refractivity contribution is 7.92. The number of halogens is 3. The second kappa shape index (κ2) is 11.4. The fourth-order valence-corrected chi connectivity index (χ4v) is 6.30. The molecular weight excluding hydrogens is 565 g/mol. The van der Waals surface area contributed by atoms with Gasteiger partial charge in [-0.2, -0.15) is 0 Å². The molecule has 2 N–H and O–H groups in total. The summed E-state index contributed by atoms with van der Waals surface area (Å²) in [5, 5.41) is 3.76. The van der Waals surface area contributed by atoms with Crippen LogP contribution in [0, 0.1) is 17.5 Å². The fourth-order valence-electron chi connectivity index (χ4n) is 4.04. The van der Waals surface area contributed by atoms with Crippen LogP contribution in [0.5, 0.6) is 0 Å². The molecule has 0 spiro atoms. The summed E-state index contributed by atoms with van der Waals surface area (Å²) < 4.78 is 77.1. The van der Waals surface area contributed by atoms with Crippen molar-refractivity contribution < 1.29 is 26.3 Å². The summed E-state index contributed by atoms with van der Waals surface area (Å²) in [6.07, 6.45) is 1.58. The fraction of sp³-hybridized carbons (Fsp3) is 0.269. The van der Waals surface area contributed by atoms with Crippen LogP contribution in [0.1, 0.15) is 13.8 Å². The van der Waals surface area contributed by atoms with Crippen molar-refractivity contribution in [3.05, 3.63) is 66.1 Å². The first-order chi connectivity index (χ1) is 19.1. The Morgan fingerprint density at radius 3 is 2.58 bits per heavy atom. The zero-order valence-corrected chi connectivity index (χ0v) is 23.1. The van der Waals surface area contributed by atoms with Crippen LogP contribution in [0.15, 0.2) is 53.6 Å². The molecule has 1 aliphatic rings. The van der Waals surface area contributed by atoms with Crippen molar-refractivity contribution in [1.29, 1.82) is 0 Å². The van der Waals surface area contributed by atoms with Gasteiger partial charge in [0.15, 0.2) is 10.9 Å². The Balaban J connectivity index is 1.59. The minimum absolute atomic E-state index is 0.00246. The van der Waals surface area contributed by atoms with Crippen molar-refractivity contribution in [1.82, 2.24) is 15.0 Å². The van der Waals surface area contributed by atoms with Crippen molar-refractivity contribution in [2.45, 2.75) is 24.8 Å². The second-order valence-corrected chi connectivity index (χ2v) is 11.8. The predicted molar refractivity (Wildman–Crippen MR) is 147 cm³/mol. The van der Waals surface area contributed by atoms with Gasteiger partial charge in [0.1, 0.15) is 16.5 Å². The number of sulfonamides is 1. The molecule has 0 radical (unpaired) electrons. The van der Waals surface area contributed by atoms with Gasteiger partial charge in [-0.05, 0) is 50.2 Å². The number of benzene rings is 2. The van der Waals surface area contributed by atoms with Crippen LogP contribution in [0.25, 0.3) is 21.8 Å². The first-order valence-electron chi connectivity index (χ1n) is 12.3. The zero-order chi connectivity index (χ0) is 28.4. The van der Waals surface area contributed by atoms with Gasteiger partial charge in [-0.25, -0.2) is 36.5 Å². The molecule has 3 heterocycles. The number of anilines is 3. The largest absolute Gasteiger partial charge is 0.378 e. The van der Waals surface area contributed by atoms with Gasteiger partial charge in [-0.15, -0.1) is 0 Å². The topological polar surface area (TPSA) is 109 Å². The Bertz CT molecular complexity index is 1640. The van der Waals surface area contributed by atoms with E-state index in [4.69, 9.17) is 9.72 Å². The van der Waals surface area contributed by atoms with E-state index in [9.17, 15) is 17.2 Å². The van der Waals surface area contributed by atoms with Gasteiger partial charge in [0.2, 0.25) is 5.95 Å². The van der Waals surface area contributed by atoms with E-state index in [1.807, 2.05) is 23.5 Å². The highest BCUT2D eigenvalue weighted by Crippen LogP contribution is 2.42. The van der Waals surface area contributed by atoms with Gasteiger partial charge < -0.3 is 15.0 Å². The van der Waals surface area contributed by atoms with Crippen LogP contribution in [0.4, 0.5) is 29.9 Å². The summed E-state index contributed by atoms with van der Waals surface area (Å²) in [7, 11) is -4.65. The summed E-state index contributed by atoms with van der Waals surface area (Å²) in [6, 6.07) is 7.87. The van der Waals surface area contributed by atoms with E-state index in [0.29, 0.717) is 60.1 Å². The van der Waals surface area contributed by atoms with Gasteiger partial charge in [0.05, 0.1) is 35.2 Å². The minimum atomic E-state index is -4.65. The number of rotatable bonds is 8. The molecular formula is C26H25F3N6O3S2. The van der Waals surface area contributed by atoms with Crippen LogP contribution < -0.4 is 14.9 Å². The van der Waals surface area contributed by atoms with E-state index in [-0.39, 0.29) is 17.3 Å². The summed E-state index contributed by atoms with van der Waals surface area (Å²) in [4.78, 5) is 15.2. The summed E-state index contributed by atoms with van der Waals surface area (Å²) in [6.45, 7) is 6.12. The molecule has 9 nitrogen and oxygen atoms in total. The first kappa shape index (κ1) is 27.8. The third-order valence-corrected chi connectivity index (χ3v) is 8.40. The molecule has 1 saturated heterocycles.